The molecule has 0 aliphatic heterocycles. The van der Waals surface area contributed by atoms with Crippen LogP contribution in [0.4, 0.5) is 0 Å². The van der Waals surface area contributed by atoms with Crippen molar-refractivity contribution in [3.63, 3.8) is 0 Å². The number of rotatable bonds is 5. The molecule has 1 aromatic rings. The summed E-state index contributed by atoms with van der Waals surface area (Å²) in [5.74, 6) is 1.11. The van der Waals surface area contributed by atoms with E-state index in [1.807, 2.05) is 6.07 Å². The number of benzene rings is 1. The molecule has 0 bridgehead atoms. The Kier molecular flexibility index (Phi) is 3.61. The Morgan fingerprint density at radius 3 is 2.67 bits per heavy atom. The van der Waals surface area contributed by atoms with E-state index in [0.717, 1.165) is 12.0 Å². The molecular weight excluding hydrogens is 254 g/mol. The summed E-state index contributed by atoms with van der Waals surface area (Å²) in [6, 6.07) is 5.14. The van der Waals surface area contributed by atoms with Crippen molar-refractivity contribution in [3.8, 4) is 5.75 Å². The van der Waals surface area contributed by atoms with Crippen LogP contribution >= 0.6 is 0 Å². The highest BCUT2D eigenvalue weighted by Crippen LogP contribution is 2.48. The van der Waals surface area contributed by atoms with Gasteiger partial charge in [-0.25, -0.2) is 13.6 Å². The third-order valence-electron chi connectivity index (χ3n) is 3.23. The van der Waals surface area contributed by atoms with Crippen LogP contribution in [-0.2, 0) is 14.8 Å². The van der Waals surface area contributed by atoms with Gasteiger partial charge in [-0.05, 0) is 36.0 Å². The van der Waals surface area contributed by atoms with E-state index in [0.29, 0.717) is 18.4 Å². The molecule has 1 aromatic carbocycles. The van der Waals surface area contributed by atoms with E-state index >= 15 is 0 Å². The van der Waals surface area contributed by atoms with Gasteiger partial charge in [0.2, 0.25) is 10.0 Å². The summed E-state index contributed by atoms with van der Waals surface area (Å²) in [4.78, 5) is 0.0468. The maximum Gasteiger partial charge on any atom is 0.241 e. The summed E-state index contributed by atoms with van der Waals surface area (Å²) >= 11 is 0. The molecule has 5 nitrogen and oxygen atoms in total. The minimum absolute atomic E-state index is 0.0468. The first kappa shape index (κ1) is 13.3. The Morgan fingerprint density at radius 2 is 2.11 bits per heavy atom. The van der Waals surface area contributed by atoms with Gasteiger partial charge in [-0.3, -0.25) is 0 Å². The second-order valence-electron chi connectivity index (χ2n) is 4.51. The molecule has 0 amide bonds. The summed E-state index contributed by atoms with van der Waals surface area (Å²) < 4.78 is 33.1. The zero-order chi connectivity index (χ0) is 13.3. The molecule has 100 valence electrons. The van der Waals surface area contributed by atoms with Crippen molar-refractivity contribution in [1.29, 1.82) is 0 Å². The van der Waals surface area contributed by atoms with Crippen LogP contribution in [0.15, 0.2) is 23.1 Å². The van der Waals surface area contributed by atoms with Gasteiger partial charge < -0.3 is 9.47 Å². The first-order chi connectivity index (χ1) is 8.47. The van der Waals surface area contributed by atoms with Crippen LogP contribution in [0, 0.1) is 5.92 Å². The lowest BCUT2D eigenvalue weighted by Crippen LogP contribution is -2.13. The van der Waals surface area contributed by atoms with Crippen LogP contribution in [0.25, 0.3) is 0 Å². The number of sulfonamides is 1. The van der Waals surface area contributed by atoms with E-state index in [2.05, 4.69) is 0 Å². The molecule has 0 radical (unpaired) electrons. The molecule has 1 aliphatic carbocycles. The molecule has 2 rings (SSSR count). The van der Waals surface area contributed by atoms with Gasteiger partial charge in [-0.2, -0.15) is 0 Å². The molecule has 18 heavy (non-hydrogen) atoms. The van der Waals surface area contributed by atoms with Crippen molar-refractivity contribution < 1.29 is 17.9 Å². The average Bonchev–Trinajstić information content (AvgIpc) is 3.07. The van der Waals surface area contributed by atoms with Gasteiger partial charge in [0.1, 0.15) is 10.6 Å². The molecule has 1 fully saturated rings. The molecule has 1 aliphatic rings. The van der Waals surface area contributed by atoms with Crippen molar-refractivity contribution in [1.82, 2.24) is 0 Å². The lowest BCUT2D eigenvalue weighted by molar-refractivity contribution is 0.184. The summed E-state index contributed by atoms with van der Waals surface area (Å²) in [6.45, 7) is 0.696. The van der Waals surface area contributed by atoms with Crippen LogP contribution in [-0.4, -0.2) is 29.2 Å². The second-order valence-corrected chi connectivity index (χ2v) is 6.04. The van der Waals surface area contributed by atoms with E-state index in [9.17, 15) is 8.42 Å². The fourth-order valence-corrected chi connectivity index (χ4v) is 2.93. The van der Waals surface area contributed by atoms with E-state index in [4.69, 9.17) is 14.6 Å². The normalized spacial score (nSPS) is 22.8. The summed E-state index contributed by atoms with van der Waals surface area (Å²) in [6.07, 6.45) is 1.02. The lowest BCUT2D eigenvalue weighted by Gasteiger charge is -2.09. The quantitative estimate of drug-likeness (QED) is 0.869. The van der Waals surface area contributed by atoms with Gasteiger partial charge >= 0.3 is 0 Å². The molecule has 0 heterocycles. The van der Waals surface area contributed by atoms with Gasteiger partial charge in [-0.1, -0.05) is 6.07 Å². The number of hydrogen-bond donors (Lipinski definition) is 1. The fraction of sp³-hybridized carbons (Fsp3) is 0.500. The van der Waals surface area contributed by atoms with Gasteiger partial charge in [0.05, 0.1) is 7.11 Å². The van der Waals surface area contributed by atoms with Crippen molar-refractivity contribution in [3.05, 3.63) is 23.8 Å². The molecule has 0 spiro atoms. The lowest BCUT2D eigenvalue weighted by atomic mass is 10.1. The Bertz CT molecular complexity index is 541. The SMILES string of the molecule is COCC1CC1c1ccc(OC)c(S(N)(=O)=O)c1. The molecule has 1 saturated carbocycles. The van der Waals surface area contributed by atoms with Crippen molar-refractivity contribution in [2.24, 2.45) is 11.1 Å². The number of nitrogens with two attached hydrogens (primary N) is 1. The predicted molar refractivity (Wildman–Crippen MR) is 67.1 cm³/mol. The number of ether oxygens (including phenoxy) is 2. The topological polar surface area (TPSA) is 78.6 Å². The van der Waals surface area contributed by atoms with Crippen LogP contribution in [0.2, 0.25) is 0 Å². The number of methoxy groups -OCH3 is 2. The smallest absolute Gasteiger partial charge is 0.241 e. The minimum atomic E-state index is -3.76. The highest BCUT2D eigenvalue weighted by molar-refractivity contribution is 7.89. The first-order valence-electron chi connectivity index (χ1n) is 5.67. The Labute approximate surface area is 107 Å². The number of hydrogen-bond acceptors (Lipinski definition) is 4. The highest BCUT2D eigenvalue weighted by atomic mass is 32.2. The van der Waals surface area contributed by atoms with E-state index < -0.39 is 10.0 Å². The van der Waals surface area contributed by atoms with E-state index in [-0.39, 0.29) is 10.6 Å². The largest absolute Gasteiger partial charge is 0.495 e. The summed E-state index contributed by atoms with van der Waals surface area (Å²) in [5.41, 5.74) is 0.974. The maximum atomic E-state index is 11.5. The van der Waals surface area contributed by atoms with Crippen LogP contribution < -0.4 is 9.88 Å². The average molecular weight is 271 g/mol. The summed E-state index contributed by atoms with van der Waals surface area (Å²) in [5, 5.41) is 5.18. The zero-order valence-electron chi connectivity index (χ0n) is 10.4. The standard InChI is InChI=1S/C12H17NO4S/c1-16-7-9-5-10(9)8-3-4-11(17-2)12(6-8)18(13,14)15/h3-4,6,9-10H,5,7H2,1-2H3,(H2,13,14,15). The van der Waals surface area contributed by atoms with Crippen molar-refractivity contribution in [2.45, 2.75) is 17.2 Å². The molecule has 2 unspecified atom stereocenters. The Morgan fingerprint density at radius 1 is 1.39 bits per heavy atom. The van der Waals surface area contributed by atoms with Crippen molar-refractivity contribution >= 4 is 10.0 Å². The molecule has 2 atom stereocenters. The zero-order valence-corrected chi connectivity index (χ0v) is 11.2. The monoisotopic (exact) mass is 271 g/mol. The van der Waals surface area contributed by atoms with E-state index in [1.54, 1.807) is 19.2 Å². The molecule has 6 heteroatoms. The van der Waals surface area contributed by atoms with E-state index in [1.165, 1.54) is 7.11 Å². The van der Waals surface area contributed by atoms with Crippen LogP contribution in [0.5, 0.6) is 5.75 Å². The third-order valence-corrected chi connectivity index (χ3v) is 4.16. The maximum absolute atomic E-state index is 11.5. The predicted octanol–water partition coefficient (Wildman–Crippen LogP) is 1.09. The highest BCUT2D eigenvalue weighted by Gasteiger charge is 2.38. The van der Waals surface area contributed by atoms with Crippen LogP contribution in [0.3, 0.4) is 0 Å². The van der Waals surface area contributed by atoms with Gasteiger partial charge in [0.15, 0.2) is 0 Å². The van der Waals surface area contributed by atoms with Gasteiger partial charge in [0.25, 0.3) is 0 Å². The second kappa shape index (κ2) is 4.87. The van der Waals surface area contributed by atoms with Gasteiger partial charge in [-0.15, -0.1) is 0 Å². The summed E-state index contributed by atoms with van der Waals surface area (Å²) in [7, 11) is -0.669. The first-order valence-corrected chi connectivity index (χ1v) is 7.21. The molecule has 2 N–H and O–H groups in total. The Hall–Kier alpha value is -1.11. The van der Waals surface area contributed by atoms with Crippen molar-refractivity contribution in [2.75, 3.05) is 20.8 Å². The minimum Gasteiger partial charge on any atom is -0.495 e. The molecular formula is C12H17NO4S. The molecule has 0 aromatic heterocycles. The van der Waals surface area contributed by atoms with Crippen LogP contribution in [0.1, 0.15) is 17.9 Å². The fourth-order valence-electron chi connectivity index (χ4n) is 2.20. The Balaban J connectivity index is 2.30. The number of primary sulfonamides is 1. The van der Waals surface area contributed by atoms with Gasteiger partial charge in [0, 0.05) is 13.7 Å². The third kappa shape index (κ3) is 2.66. The molecule has 0 saturated heterocycles.